The van der Waals surface area contributed by atoms with Crippen molar-refractivity contribution in [1.29, 1.82) is 5.26 Å². The summed E-state index contributed by atoms with van der Waals surface area (Å²) in [5, 5.41) is 19.4. The largest absolute Gasteiger partial charge is 0.496 e. The molecule has 0 bridgehead atoms. The second-order valence-electron chi connectivity index (χ2n) is 5.68. The van der Waals surface area contributed by atoms with Gasteiger partial charge in [0.15, 0.2) is 5.82 Å². The molecule has 28 heavy (non-hydrogen) atoms. The first kappa shape index (κ1) is 19.7. The lowest BCUT2D eigenvalue weighted by Gasteiger charge is -2.05. The maximum absolute atomic E-state index is 12.1. The number of anilines is 1. The SMILES string of the molecule is COc1ccc(Cl)cc1-c1nc(SCC(=O)Nc2ccc(CC#N)cc2)n[nH]1. The number of nitriles is 1. The van der Waals surface area contributed by atoms with Crippen LogP contribution >= 0.6 is 23.4 Å². The van der Waals surface area contributed by atoms with E-state index in [0.717, 1.165) is 5.56 Å². The Balaban J connectivity index is 1.59. The van der Waals surface area contributed by atoms with E-state index in [1.807, 2.05) is 12.1 Å². The average Bonchev–Trinajstić information content (AvgIpc) is 3.17. The first-order valence-corrected chi connectivity index (χ1v) is 9.60. The molecule has 0 aliphatic carbocycles. The van der Waals surface area contributed by atoms with Gasteiger partial charge in [0.1, 0.15) is 5.75 Å². The van der Waals surface area contributed by atoms with E-state index in [1.54, 1.807) is 37.4 Å². The van der Waals surface area contributed by atoms with Crippen LogP contribution in [0.3, 0.4) is 0 Å². The van der Waals surface area contributed by atoms with E-state index in [0.29, 0.717) is 39.4 Å². The predicted octanol–water partition coefficient (Wildman–Crippen LogP) is 3.93. The summed E-state index contributed by atoms with van der Waals surface area (Å²) >= 11 is 7.26. The lowest BCUT2D eigenvalue weighted by atomic mass is 10.1. The second kappa shape index (κ2) is 9.26. The summed E-state index contributed by atoms with van der Waals surface area (Å²) in [5.74, 6) is 1.11. The molecule has 0 spiro atoms. The molecule has 0 unspecified atom stereocenters. The van der Waals surface area contributed by atoms with Crippen molar-refractivity contribution >= 4 is 35.0 Å². The zero-order valence-corrected chi connectivity index (χ0v) is 16.5. The van der Waals surface area contributed by atoms with Gasteiger partial charge in [-0.1, -0.05) is 35.5 Å². The quantitative estimate of drug-likeness (QED) is 0.569. The fourth-order valence-electron chi connectivity index (χ4n) is 2.42. The van der Waals surface area contributed by atoms with E-state index in [-0.39, 0.29) is 11.7 Å². The molecule has 1 heterocycles. The first-order chi connectivity index (χ1) is 13.6. The summed E-state index contributed by atoms with van der Waals surface area (Å²) in [4.78, 5) is 16.5. The Hall–Kier alpha value is -3.02. The van der Waals surface area contributed by atoms with Crippen molar-refractivity contribution in [3.63, 3.8) is 0 Å². The number of carbonyl (C=O) groups excluding carboxylic acids is 1. The molecule has 0 fully saturated rings. The van der Waals surface area contributed by atoms with Crippen LogP contribution in [0, 0.1) is 11.3 Å². The lowest BCUT2D eigenvalue weighted by Crippen LogP contribution is -2.14. The Morgan fingerprint density at radius 2 is 2.11 bits per heavy atom. The molecule has 0 saturated heterocycles. The fourth-order valence-corrected chi connectivity index (χ4v) is 3.19. The molecule has 3 rings (SSSR count). The highest BCUT2D eigenvalue weighted by Crippen LogP contribution is 2.31. The van der Waals surface area contributed by atoms with Crippen LogP contribution in [0.2, 0.25) is 5.02 Å². The highest BCUT2D eigenvalue weighted by Gasteiger charge is 2.13. The number of amides is 1. The zero-order valence-electron chi connectivity index (χ0n) is 14.9. The monoisotopic (exact) mass is 413 g/mol. The van der Waals surface area contributed by atoms with Crippen molar-refractivity contribution in [2.24, 2.45) is 0 Å². The molecule has 0 atom stereocenters. The first-order valence-electron chi connectivity index (χ1n) is 8.24. The van der Waals surface area contributed by atoms with Gasteiger partial charge in [0.05, 0.1) is 30.9 Å². The van der Waals surface area contributed by atoms with Gasteiger partial charge in [0.2, 0.25) is 11.1 Å². The van der Waals surface area contributed by atoms with Crippen molar-refractivity contribution in [2.45, 2.75) is 11.6 Å². The minimum Gasteiger partial charge on any atom is -0.496 e. The van der Waals surface area contributed by atoms with Gasteiger partial charge in [-0.3, -0.25) is 9.89 Å². The summed E-state index contributed by atoms with van der Waals surface area (Å²) in [6.07, 6.45) is 0.342. The molecular weight excluding hydrogens is 398 g/mol. The molecule has 1 amide bonds. The number of hydrogen-bond acceptors (Lipinski definition) is 6. The Morgan fingerprint density at radius 3 is 2.82 bits per heavy atom. The topological polar surface area (TPSA) is 104 Å². The molecule has 9 heteroatoms. The number of aromatic nitrogens is 3. The summed E-state index contributed by atoms with van der Waals surface area (Å²) in [6.45, 7) is 0. The third-order valence-corrected chi connectivity index (χ3v) is 4.82. The molecule has 0 aliphatic rings. The van der Waals surface area contributed by atoms with Crippen LogP contribution < -0.4 is 10.1 Å². The normalized spacial score (nSPS) is 10.3. The van der Waals surface area contributed by atoms with Gasteiger partial charge in [-0.25, -0.2) is 4.98 Å². The Kier molecular flexibility index (Phi) is 6.53. The molecule has 2 N–H and O–H groups in total. The van der Waals surface area contributed by atoms with Gasteiger partial charge in [-0.05, 0) is 35.9 Å². The number of aromatic amines is 1. The minimum atomic E-state index is -0.176. The van der Waals surface area contributed by atoms with E-state index >= 15 is 0 Å². The van der Waals surface area contributed by atoms with Crippen molar-refractivity contribution in [3.05, 3.63) is 53.1 Å². The number of ether oxygens (including phenoxy) is 1. The smallest absolute Gasteiger partial charge is 0.234 e. The molecule has 0 radical (unpaired) electrons. The van der Waals surface area contributed by atoms with Crippen LogP contribution in [0.25, 0.3) is 11.4 Å². The van der Waals surface area contributed by atoms with Crippen LogP contribution in [0.1, 0.15) is 5.56 Å². The maximum Gasteiger partial charge on any atom is 0.234 e. The van der Waals surface area contributed by atoms with E-state index < -0.39 is 0 Å². The predicted molar refractivity (Wildman–Crippen MR) is 108 cm³/mol. The van der Waals surface area contributed by atoms with Gasteiger partial charge in [-0.2, -0.15) is 5.26 Å². The molecular formula is C19H16ClN5O2S. The Bertz CT molecular complexity index is 1010. The lowest BCUT2D eigenvalue weighted by molar-refractivity contribution is -0.113. The Morgan fingerprint density at radius 1 is 1.32 bits per heavy atom. The highest BCUT2D eigenvalue weighted by atomic mass is 35.5. The number of carbonyl (C=O) groups is 1. The molecule has 2 aromatic carbocycles. The van der Waals surface area contributed by atoms with Gasteiger partial charge in [0.25, 0.3) is 0 Å². The number of halogens is 1. The van der Waals surface area contributed by atoms with Crippen molar-refractivity contribution in [2.75, 3.05) is 18.2 Å². The molecule has 0 aliphatic heterocycles. The molecule has 0 saturated carbocycles. The summed E-state index contributed by atoms with van der Waals surface area (Å²) in [6, 6.07) is 14.5. The van der Waals surface area contributed by atoms with E-state index in [9.17, 15) is 4.79 Å². The molecule has 1 aromatic heterocycles. The third kappa shape index (κ3) is 5.03. The van der Waals surface area contributed by atoms with Crippen LogP contribution in [-0.4, -0.2) is 34.0 Å². The van der Waals surface area contributed by atoms with Crippen molar-refractivity contribution in [3.8, 4) is 23.2 Å². The fraction of sp³-hybridized carbons (Fsp3) is 0.158. The number of benzene rings is 2. The van der Waals surface area contributed by atoms with Crippen LogP contribution in [0.5, 0.6) is 5.75 Å². The number of methoxy groups -OCH3 is 1. The highest BCUT2D eigenvalue weighted by molar-refractivity contribution is 7.99. The number of thioether (sulfide) groups is 1. The number of hydrogen-bond donors (Lipinski definition) is 2. The second-order valence-corrected chi connectivity index (χ2v) is 7.06. The van der Waals surface area contributed by atoms with Crippen LogP contribution in [-0.2, 0) is 11.2 Å². The van der Waals surface area contributed by atoms with Gasteiger partial charge in [-0.15, -0.1) is 5.10 Å². The summed E-state index contributed by atoms with van der Waals surface area (Å²) in [5.41, 5.74) is 2.27. The maximum atomic E-state index is 12.1. The third-order valence-electron chi connectivity index (χ3n) is 3.73. The zero-order chi connectivity index (χ0) is 19.9. The van der Waals surface area contributed by atoms with E-state index in [1.165, 1.54) is 11.8 Å². The van der Waals surface area contributed by atoms with Gasteiger partial charge in [0, 0.05) is 10.7 Å². The molecule has 142 valence electrons. The van der Waals surface area contributed by atoms with Crippen molar-refractivity contribution < 1.29 is 9.53 Å². The van der Waals surface area contributed by atoms with E-state index in [2.05, 4.69) is 26.6 Å². The number of nitrogens with zero attached hydrogens (tertiary/aromatic N) is 3. The number of nitrogens with one attached hydrogen (secondary N) is 2. The van der Waals surface area contributed by atoms with Crippen molar-refractivity contribution in [1.82, 2.24) is 15.2 Å². The standard InChI is InChI=1S/C19H16ClN5O2S/c1-27-16-7-4-13(20)10-15(16)18-23-19(25-24-18)28-11-17(26)22-14-5-2-12(3-6-14)8-9-21/h2-7,10H,8,11H2,1H3,(H,22,26)(H,23,24,25). The van der Waals surface area contributed by atoms with E-state index in [4.69, 9.17) is 21.6 Å². The number of H-pyrrole nitrogens is 1. The molecule has 7 nitrogen and oxygen atoms in total. The van der Waals surface area contributed by atoms with Gasteiger partial charge >= 0.3 is 0 Å². The van der Waals surface area contributed by atoms with Crippen LogP contribution in [0.15, 0.2) is 47.6 Å². The van der Waals surface area contributed by atoms with Crippen LogP contribution in [0.4, 0.5) is 5.69 Å². The minimum absolute atomic E-state index is 0.157. The van der Waals surface area contributed by atoms with Gasteiger partial charge < -0.3 is 10.1 Å². The Labute approximate surface area is 171 Å². The average molecular weight is 414 g/mol. The molecule has 3 aromatic rings. The summed E-state index contributed by atoms with van der Waals surface area (Å²) in [7, 11) is 1.57. The number of rotatable bonds is 7. The summed E-state index contributed by atoms with van der Waals surface area (Å²) < 4.78 is 5.32.